The van der Waals surface area contributed by atoms with E-state index in [0.29, 0.717) is 13.0 Å². The zero-order valence-corrected chi connectivity index (χ0v) is 16.3. The van der Waals surface area contributed by atoms with Crippen molar-refractivity contribution >= 4 is 12.1 Å². The first kappa shape index (κ1) is 20.4. The summed E-state index contributed by atoms with van der Waals surface area (Å²) in [6.45, 7) is 2.61. The lowest BCUT2D eigenvalue weighted by molar-refractivity contribution is -0.138. The average molecular weight is 387 g/mol. The number of amides is 1. The van der Waals surface area contributed by atoms with E-state index >= 15 is 0 Å². The molecule has 2 heterocycles. The SMILES string of the molecule is CCCCC[C@H](OCc1ccccc1)[C@@H]1OC(=O)N2[C@@H](CC(=O)O)CC=C[C@H]12. The van der Waals surface area contributed by atoms with Gasteiger partial charge in [0.15, 0.2) is 6.10 Å². The van der Waals surface area contributed by atoms with Gasteiger partial charge >= 0.3 is 12.1 Å². The minimum atomic E-state index is -0.907. The highest BCUT2D eigenvalue weighted by atomic mass is 16.6. The Kier molecular flexibility index (Phi) is 7.09. The minimum absolute atomic E-state index is 0.0754. The molecule has 1 aromatic carbocycles. The van der Waals surface area contributed by atoms with E-state index in [9.17, 15) is 14.7 Å². The van der Waals surface area contributed by atoms with Crippen molar-refractivity contribution < 1.29 is 24.2 Å². The summed E-state index contributed by atoms with van der Waals surface area (Å²) < 4.78 is 11.9. The molecule has 28 heavy (non-hydrogen) atoms. The molecule has 1 fully saturated rings. The van der Waals surface area contributed by atoms with Crippen molar-refractivity contribution in [1.82, 2.24) is 4.90 Å². The van der Waals surface area contributed by atoms with Crippen molar-refractivity contribution in [3.05, 3.63) is 48.0 Å². The molecule has 3 rings (SSSR count). The zero-order chi connectivity index (χ0) is 19.9. The number of hydrogen-bond acceptors (Lipinski definition) is 4. The summed E-state index contributed by atoms with van der Waals surface area (Å²) in [5, 5.41) is 9.17. The molecular formula is C22H29NO5. The van der Waals surface area contributed by atoms with Crippen molar-refractivity contribution in [3.63, 3.8) is 0 Å². The maximum atomic E-state index is 12.5. The summed E-state index contributed by atoms with van der Waals surface area (Å²) >= 11 is 0. The maximum Gasteiger partial charge on any atom is 0.411 e. The highest BCUT2D eigenvalue weighted by molar-refractivity contribution is 5.74. The lowest BCUT2D eigenvalue weighted by atomic mass is 9.94. The second kappa shape index (κ2) is 9.73. The molecular weight excluding hydrogens is 358 g/mol. The van der Waals surface area contributed by atoms with Crippen LogP contribution < -0.4 is 0 Å². The largest absolute Gasteiger partial charge is 0.481 e. The van der Waals surface area contributed by atoms with Crippen molar-refractivity contribution in [2.75, 3.05) is 0 Å². The summed E-state index contributed by atoms with van der Waals surface area (Å²) in [4.78, 5) is 25.3. The van der Waals surface area contributed by atoms with Crippen LogP contribution in [0.25, 0.3) is 0 Å². The standard InChI is InChI=1S/C22H29NO5/c1-2-3-5-13-19(27-15-16-9-6-4-7-10-16)21-18-12-8-11-17(14-20(24)25)23(18)22(26)28-21/h4,6-10,12,17-19,21H,2-3,5,11,13-15H2,1H3,(H,24,25)/t17-,18-,19+,21-/m1/s1. The first-order chi connectivity index (χ1) is 13.6. The number of hydrogen-bond donors (Lipinski definition) is 1. The molecule has 1 saturated heterocycles. The summed E-state index contributed by atoms with van der Waals surface area (Å²) in [6.07, 6.45) is 7.32. The van der Waals surface area contributed by atoms with Gasteiger partial charge in [0.2, 0.25) is 0 Å². The summed E-state index contributed by atoms with van der Waals surface area (Å²) in [5.41, 5.74) is 1.08. The maximum absolute atomic E-state index is 12.5. The second-order valence-electron chi connectivity index (χ2n) is 7.49. The molecule has 0 bridgehead atoms. The number of ether oxygens (including phenoxy) is 2. The Morgan fingerprint density at radius 2 is 2.11 bits per heavy atom. The molecule has 1 aromatic rings. The molecule has 2 aliphatic rings. The number of nitrogens with zero attached hydrogens (tertiary/aromatic N) is 1. The molecule has 0 saturated carbocycles. The van der Waals surface area contributed by atoms with Crippen LogP contribution in [0.4, 0.5) is 4.79 Å². The van der Waals surface area contributed by atoms with Crippen molar-refractivity contribution in [2.24, 2.45) is 0 Å². The number of fused-ring (bicyclic) bond motifs is 1. The van der Waals surface area contributed by atoms with E-state index in [0.717, 1.165) is 31.2 Å². The predicted octanol–water partition coefficient (Wildman–Crippen LogP) is 4.14. The normalized spacial score (nSPS) is 24.7. The third-order valence-electron chi connectivity index (χ3n) is 5.42. The molecule has 1 N–H and O–H groups in total. The van der Waals surface area contributed by atoms with Crippen molar-refractivity contribution in [3.8, 4) is 0 Å². The predicted molar refractivity (Wildman–Crippen MR) is 105 cm³/mol. The summed E-state index contributed by atoms with van der Waals surface area (Å²) in [5.74, 6) is -0.907. The van der Waals surface area contributed by atoms with Crippen LogP contribution in [0.1, 0.15) is 51.0 Å². The van der Waals surface area contributed by atoms with Gasteiger partial charge in [0.25, 0.3) is 0 Å². The van der Waals surface area contributed by atoms with E-state index in [2.05, 4.69) is 6.92 Å². The van der Waals surface area contributed by atoms with Crippen molar-refractivity contribution in [1.29, 1.82) is 0 Å². The molecule has 0 radical (unpaired) electrons. The number of unbranched alkanes of at least 4 members (excludes halogenated alkanes) is 2. The van der Waals surface area contributed by atoms with Gasteiger partial charge in [0, 0.05) is 6.04 Å². The second-order valence-corrected chi connectivity index (χ2v) is 7.49. The third kappa shape index (κ3) is 4.93. The third-order valence-corrected chi connectivity index (χ3v) is 5.42. The van der Waals surface area contributed by atoms with Gasteiger partial charge < -0.3 is 14.6 Å². The molecule has 152 valence electrons. The van der Waals surface area contributed by atoms with E-state index in [4.69, 9.17) is 9.47 Å². The molecule has 0 aromatic heterocycles. The van der Waals surface area contributed by atoms with Crippen LogP contribution in [0.15, 0.2) is 42.5 Å². The minimum Gasteiger partial charge on any atom is -0.481 e. The fourth-order valence-corrected chi connectivity index (χ4v) is 4.00. The van der Waals surface area contributed by atoms with Crippen LogP contribution >= 0.6 is 0 Å². The average Bonchev–Trinajstić information content (AvgIpc) is 3.02. The topological polar surface area (TPSA) is 76.1 Å². The molecule has 2 aliphatic heterocycles. The Morgan fingerprint density at radius 1 is 1.32 bits per heavy atom. The van der Waals surface area contributed by atoms with E-state index in [1.807, 2.05) is 42.5 Å². The fraction of sp³-hybridized carbons (Fsp3) is 0.545. The quantitative estimate of drug-likeness (QED) is 0.482. The highest BCUT2D eigenvalue weighted by Gasteiger charge is 2.48. The fourth-order valence-electron chi connectivity index (χ4n) is 4.00. The molecule has 0 spiro atoms. The Balaban J connectivity index is 1.73. The van der Waals surface area contributed by atoms with Gasteiger partial charge in [-0.1, -0.05) is 68.7 Å². The number of aliphatic carboxylic acids is 1. The molecule has 0 unspecified atom stereocenters. The lowest BCUT2D eigenvalue weighted by Gasteiger charge is -2.34. The van der Waals surface area contributed by atoms with Crippen LogP contribution in [0.2, 0.25) is 0 Å². The van der Waals surface area contributed by atoms with Crippen LogP contribution in [-0.2, 0) is 20.9 Å². The van der Waals surface area contributed by atoms with Crippen LogP contribution in [0.3, 0.4) is 0 Å². The van der Waals surface area contributed by atoms with Crippen LogP contribution in [-0.4, -0.2) is 46.4 Å². The Morgan fingerprint density at radius 3 is 2.82 bits per heavy atom. The van der Waals surface area contributed by atoms with Gasteiger partial charge in [-0.25, -0.2) is 4.79 Å². The Bertz CT molecular complexity index is 689. The van der Waals surface area contributed by atoms with E-state index < -0.39 is 18.2 Å². The van der Waals surface area contributed by atoms with Gasteiger partial charge in [0.1, 0.15) is 0 Å². The van der Waals surface area contributed by atoms with Gasteiger partial charge in [-0.3, -0.25) is 9.69 Å². The number of rotatable bonds is 10. The van der Waals surface area contributed by atoms with Gasteiger partial charge in [-0.15, -0.1) is 0 Å². The Labute approximate surface area is 166 Å². The monoisotopic (exact) mass is 387 g/mol. The smallest absolute Gasteiger partial charge is 0.411 e. The summed E-state index contributed by atoms with van der Waals surface area (Å²) in [7, 11) is 0. The first-order valence-electron chi connectivity index (χ1n) is 10.1. The van der Waals surface area contributed by atoms with Crippen molar-refractivity contribution in [2.45, 2.75) is 76.3 Å². The molecule has 1 amide bonds. The Hall–Kier alpha value is -2.34. The van der Waals surface area contributed by atoms with E-state index in [-0.39, 0.29) is 24.6 Å². The van der Waals surface area contributed by atoms with Crippen LogP contribution in [0, 0.1) is 0 Å². The molecule has 6 nitrogen and oxygen atoms in total. The number of carbonyl (C=O) groups excluding carboxylic acids is 1. The van der Waals surface area contributed by atoms with Gasteiger partial charge in [0.05, 0.1) is 25.2 Å². The number of carbonyl (C=O) groups is 2. The number of benzene rings is 1. The molecule has 6 heteroatoms. The first-order valence-corrected chi connectivity index (χ1v) is 10.1. The molecule has 4 atom stereocenters. The zero-order valence-electron chi connectivity index (χ0n) is 16.3. The number of cyclic esters (lactones) is 1. The van der Waals surface area contributed by atoms with Gasteiger partial charge in [-0.05, 0) is 18.4 Å². The van der Waals surface area contributed by atoms with E-state index in [1.54, 1.807) is 4.90 Å². The lowest BCUT2D eigenvalue weighted by Crippen LogP contribution is -2.48. The van der Waals surface area contributed by atoms with E-state index in [1.165, 1.54) is 0 Å². The highest BCUT2D eigenvalue weighted by Crippen LogP contribution is 2.33. The number of carboxylic acid groups (broad SMARTS) is 1. The summed E-state index contributed by atoms with van der Waals surface area (Å²) in [6, 6.07) is 9.31. The molecule has 0 aliphatic carbocycles. The number of carboxylic acids is 1. The van der Waals surface area contributed by atoms with Gasteiger partial charge in [-0.2, -0.15) is 0 Å². The van der Waals surface area contributed by atoms with Crippen LogP contribution in [0.5, 0.6) is 0 Å².